The van der Waals surface area contributed by atoms with E-state index < -0.39 is 0 Å². The Morgan fingerprint density at radius 1 is 1.37 bits per heavy atom. The van der Waals surface area contributed by atoms with Gasteiger partial charge in [-0.15, -0.1) is 11.3 Å². The summed E-state index contributed by atoms with van der Waals surface area (Å²) >= 11 is 1.69. The smallest absolute Gasteiger partial charge is 0.104 e. The monoisotopic (exact) mass is 274 g/mol. The zero-order valence-corrected chi connectivity index (χ0v) is 12.1. The molecule has 0 bridgehead atoms. The summed E-state index contributed by atoms with van der Waals surface area (Å²) in [5, 5.41) is 15.4. The molecule has 0 spiro atoms. The van der Waals surface area contributed by atoms with Crippen molar-refractivity contribution < 1.29 is 5.11 Å². The Labute approximate surface area is 117 Å². The van der Waals surface area contributed by atoms with Crippen LogP contribution in [-0.2, 0) is 19.4 Å². The fraction of sp³-hybridized carbons (Fsp3) is 0.400. The first kappa shape index (κ1) is 13.9. The SMILES string of the molecule is CCc1cc(CC)n(Cc2sccc2C#CCO)n1. The van der Waals surface area contributed by atoms with Crippen LogP contribution < -0.4 is 0 Å². The molecule has 2 aromatic heterocycles. The Hall–Kier alpha value is -1.57. The molecule has 2 rings (SSSR count). The van der Waals surface area contributed by atoms with E-state index >= 15 is 0 Å². The Balaban J connectivity index is 2.26. The molecule has 100 valence electrons. The third-order valence-electron chi connectivity index (χ3n) is 2.98. The number of aryl methyl sites for hydroxylation is 2. The quantitative estimate of drug-likeness (QED) is 0.870. The Morgan fingerprint density at radius 2 is 2.21 bits per heavy atom. The van der Waals surface area contributed by atoms with Gasteiger partial charge >= 0.3 is 0 Å². The molecule has 0 saturated carbocycles. The fourth-order valence-corrected chi connectivity index (χ4v) is 2.77. The van der Waals surface area contributed by atoms with Crippen molar-refractivity contribution in [2.45, 2.75) is 33.2 Å². The van der Waals surface area contributed by atoms with Gasteiger partial charge in [0.25, 0.3) is 0 Å². The van der Waals surface area contributed by atoms with Gasteiger partial charge in [-0.25, -0.2) is 0 Å². The van der Waals surface area contributed by atoms with Gasteiger partial charge in [-0.2, -0.15) is 5.10 Å². The number of hydrogen-bond acceptors (Lipinski definition) is 3. The van der Waals surface area contributed by atoms with Gasteiger partial charge in [-0.1, -0.05) is 25.7 Å². The van der Waals surface area contributed by atoms with Crippen molar-refractivity contribution >= 4 is 11.3 Å². The Bertz CT molecular complexity index is 601. The molecule has 0 aliphatic rings. The molecule has 2 aromatic rings. The zero-order chi connectivity index (χ0) is 13.7. The minimum Gasteiger partial charge on any atom is -0.384 e. The average molecular weight is 274 g/mol. The van der Waals surface area contributed by atoms with E-state index in [0.29, 0.717) is 0 Å². The molecule has 1 N–H and O–H groups in total. The zero-order valence-electron chi connectivity index (χ0n) is 11.3. The lowest BCUT2D eigenvalue weighted by molar-refractivity contribution is 0.350. The number of nitrogens with zero attached hydrogens (tertiary/aromatic N) is 2. The van der Waals surface area contributed by atoms with Crippen molar-refractivity contribution in [2.75, 3.05) is 6.61 Å². The second kappa shape index (κ2) is 6.55. The van der Waals surface area contributed by atoms with E-state index in [1.54, 1.807) is 11.3 Å². The van der Waals surface area contributed by atoms with Crippen LogP contribution in [0.4, 0.5) is 0 Å². The predicted molar refractivity (Wildman–Crippen MR) is 78.4 cm³/mol. The molecule has 2 heterocycles. The van der Waals surface area contributed by atoms with Crippen LogP contribution >= 0.6 is 11.3 Å². The van der Waals surface area contributed by atoms with Crippen molar-refractivity contribution in [3.8, 4) is 11.8 Å². The maximum Gasteiger partial charge on any atom is 0.104 e. The highest BCUT2D eigenvalue weighted by Crippen LogP contribution is 2.18. The van der Waals surface area contributed by atoms with Gasteiger partial charge in [-0.3, -0.25) is 4.68 Å². The Kier molecular flexibility index (Phi) is 4.78. The maximum atomic E-state index is 8.78. The van der Waals surface area contributed by atoms with Gasteiger partial charge in [0, 0.05) is 16.1 Å². The summed E-state index contributed by atoms with van der Waals surface area (Å²) in [6.07, 6.45) is 1.94. The third kappa shape index (κ3) is 3.25. The lowest BCUT2D eigenvalue weighted by Gasteiger charge is -2.04. The van der Waals surface area contributed by atoms with Crippen molar-refractivity contribution in [2.24, 2.45) is 0 Å². The molecule has 0 amide bonds. The van der Waals surface area contributed by atoms with E-state index in [1.165, 1.54) is 10.6 Å². The minimum atomic E-state index is -0.1000. The van der Waals surface area contributed by atoms with Crippen LogP contribution in [-0.4, -0.2) is 21.5 Å². The second-order valence-corrected chi connectivity index (χ2v) is 5.21. The number of thiophene rings is 1. The molecule has 0 aliphatic heterocycles. The summed E-state index contributed by atoms with van der Waals surface area (Å²) in [4.78, 5) is 1.20. The van der Waals surface area contributed by atoms with Crippen LogP contribution in [0.1, 0.15) is 35.7 Å². The number of aliphatic hydroxyl groups excluding tert-OH is 1. The first-order valence-electron chi connectivity index (χ1n) is 6.50. The lowest BCUT2D eigenvalue weighted by Crippen LogP contribution is -2.05. The van der Waals surface area contributed by atoms with Gasteiger partial charge in [0.15, 0.2) is 0 Å². The van der Waals surface area contributed by atoms with Crippen LogP contribution in [0.25, 0.3) is 0 Å². The van der Waals surface area contributed by atoms with Gasteiger partial charge in [-0.05, 0) is 30.4 Å². The highest BCUT2D eigenvalue weighted by atomic mass is 32.1. The molecule has 0 aliphatic carbocycles. The first-order chi connectivity index (χ1) is 9.28. The summed E-state index contributed by atoms with van der Waals surface area (Å²) < 4.78 is 2.06. The summed E-state index contributed by atoms with van der Waals surface area (Å²) in [7, 11) is 0. The van der Waals surface area contributed by atoms with Crippen molar-refractivity contribution in [3.63, 3.8) is 0 Å². The molecule has 4 heteroatoms. The van der Waals surface area contributed by atoms with E-state index in [0.717, 1.165) is 30.6 Å². The van der Waals surface area contributed by atoms with E-state index in [4.69, 9.17) is 5.11 Å². The van der Waals surface area contributed by atoms with Crippen LogP contribution in [0, 0.1) is 11.8 Å². The average Bonchev–Trinajstić information content (AvgIpc) is 3.03. The molecule has 0 radical (unpaired) electrons. The lowest BCUT2D eigenvalue weighted by atomic mass is 10.2. The molecular weight excluding hydrogens is 256 g/mol. The minimum absolute atomic E-state index is 0.1000. The number of hydrogen-bond donors (Lipinski definition) is 1. The molecule has 0 fully saturated rings. The highest BCUT2D eigenvalue weighted by Gasteiger charge is 2.09. The van der Waals surface area contributed by atoms with E-state index in [-0.39, 0.29) is 6.61 Å². The van der Waals surface area contributed by atoms with Gasteiger partial charge in [0.1, 0.15) is 6.61 Å². The van der Waals surface area contributed by atoms with Gasteiger partial charge in [0.05, 0.1) is 12.2 Å². The van der Waals surface area contributed by atoms with Crippen LogP contribution in [0.2, 0.25) is 0 Å². The van der Waals surface area contributed by atoms with E-state index in [2.05, 4.69) is 41.5 Å². The van der Waals surface area contributed by atoms with Crippen LogP contribution in [0.5, 0.6) is 0 Å². The largest absolute Gasteiger partial charge is 0.384 e. The molecular formula is C15H18N2OS. The molecule has 3 nitrogen and oxygen atoms in total. The molecule has 0 aromatic carbocycles. The van der Waals surface area contributed by atoms with Gasteiger partial charge < -0.3 is 5.11 Å². The maximum absolute atomic E-state index is 8.78. The molecule has 0 unspecified atom stereocenters. The third-order valence-corrected chi connectivity index (χ3v) is 3.88. The Morgan fingerprint density at radius 3 is 2.89 bits per heavy atom. The van der Waals surface area contributed by atoms with E-state index in [1.807, 2.05) is 11.4 Å². The summed E-state index contributed by atoms with van der Waals surface area (Å²) in [5.74, 6) is 5.70. The van der Waals surface area contributed by atoms with Gasteiger partial charge in [0.2, 0.25) is 0 Å². The molecule has 0 atom stereocenters. The molecule has 0 saturated heterocycles. The van der Waals surface area contributed by atoms with Crippen LogP contribution in [0.3, 0.4) is 0 Å². The van der Waals surface area contributed by atoms with Crippen molar-refractivity contribution in [3.05, 3.63) is 39.3 Å². The van der Waals surface area contributed by atoms with Crippen molar-refractivity contribution in [1.82, 2.24) is 9.78 Å². The first-order valence-corrected chi connectivity index (χ1v) is 7.38. The summed E-state index contributed by atoms with van der Waals surface area (Å²) in [6, 6.07) is 4.17. The standard InChI is InChI=1S/C15H18N2OS/c1-3-13-10-14(4-2)17(16-13)11-15-12(6-5-8-18)7-9-19-15/h7,9-10,18H,3-4,8,11H2,1-2H3. The topological polar surface area (TPSA) is 38.0 Å². The highest BCUT2D eigenvalue weighted by molar-refractivity contribution is 7.10. The number of aromatic nitrogens is 2. The molecule has 19 heavy (non-hydrogen) atoms. The summed E-state index contributed by atoms with van der Waals surface area (Å²) in [5.41, 5.74) is 3.39. The van der Waals surface area contributed by atoms with E-state index in [9.17, 15) is 0 Å². The predicted octanol–water partition coefficient (Wildman–Crippen LogP) is 2.46. The number of aliphatic hydroxyl groups is 1. The number of rotatable bonds is 4. The van der Waals surface area contributed by atoms with Crippen LogP contribution in [0.15, 0.2) is 17.5 Å². The normalized spacial score (nSPS) is 10.3. The second-order valence-electron chi connectivity index (χ2n) is 4.21. The summed E-state index contributed by atoms with van der Waals surface area (Å²) in [6.45, 7) is 4.93. The fourth-order valence-electron chi connectivity index (χ4n) is 1.95. The van der Waals surface area contributed by atoms with Crippen molar-refractivity contribution in [1.29, 1.82) is 0 Å².